The topological polar surface area (TPSA) is 41.5 Å². The molecule has 3 rings (SSSR count). The Morgan fingerprint density at radius 3 is 2.62 bits per heavy atom. The molecule has 1 aliphatic rings. The van der Waals surface area contributed by atoms with Gasteiger partial charge in [0.15, 0.2) is 0 Å². The number of pyridine rings is 1. The molecule has 1 saturated heterocycles. The highest BCUT2D eigenvalue weighted by Crippen LogP contribution is 2.22. The van der Waals surface area contributed by atoms with Gasteiger partial charge in [0.2, 0.25) is 0 Å². The first-order chi connectivity index (χ1) is 11.7. The second-order valence-electron chi connectivity index (χ2n) is 6.19. The second kappa shape index (κ2) is 8.67. The number of hydrogen-bond acceptors (Lipinski definition) is 6. The summed E-state index contributed by atoms with van der Waals surface area (Å²) in [6.45, 7) is 11.1. The molecule has 3 heterocycles. The van der Waals surface area contributed by atoms with Gasteiger partial charge in [0, 0.05) is 63.6 Å². The molecular formula is C18H26N4OS. The average molecular weight is 347 g/mol. The Hall–Kier alpha value is -1.34. The van der Waals surface area contributed by atoms with Crippen molar-refractivity contribution >= 4 is 11.3 Å². The minimum Gasteiger partial charge on any atom is -0.372 e. The van der Waals surface area contributed by atoms with Gasteiger partial charge in [-0.1, -0.05) is 6.07 Å². The third-order valence-corrected chi connectivity index (χ3v) is 5.37. The van der Waals surface area contributed by atoms with Crippen molar-refractivity contribution in [3.8, 4) is 0 Å². The van der Waals surface area contributed by atoms with Crippen molar-refractivity contribution in [2.75, 3.05) is 32.8 Å². The summed E-state index contributed by atoms with van der Waals surface area (Å²) >= 11 is 1.71. The minimum atomic E-state index is 0.102. The standard InChI is InChI=1S/C18H26N4OS/c1-3-23-15(2)18-20-17(14-24-18)13-22-9-7-21(8-10-22)12-16-5-4-6-19-11-16/h4-6,11,14-15H,3,7-10,12-13H2,1-2H3/t15-/m1/s1. The predicted octanol–water partition coefficient (Wildman–Crippen LogP) is 2.95. The lowest BCUT2D eigenvalue weighted by Gasteiger charge is -2.34. The van der Waals surface area contributed by atoms with E-state index >= 15 is 0 Å². The van der Waals surface area contributed by atoms with Gasteiger partial charge in [-0.3, -0.25) is 14.8 Å². The number of hydrogen-bond donors (Lipinski definition) is 0. The number of piperazine rings is 1. The van der Waals surface area contributed by atoms with Crippen molar-refractivity contribution in [3.05, 3.63) is 46.2 Å². The van der Waals surface area contributed by atoms with Gasteiger partial charge < -0.3 is 4.74 Å². The molecule has 0 amide bonds. The molecule has 0 bridgehead atoms. The van der Waals surface area contributed by atoms with E-state index in [2.05, 4.69) is 33.2 Å². The third-order valence-electron chi connectivity index (χ3n) is 4.31. The van der Waals surface area contributed by atoms with E-state index in [9.17, 15) is 0 Å². The maximum atomic E-state index is 5.62. The van der Waals surface area contributed by atoms with E-state index in [1.165, 1.54) is 11.3 Å². The molecule has 1 aliphatic heterocycles. The van der Waals surface area contributed by atoms with Gasteiger partial charge in [0.25, 0.3) is 0 Å². The molecular weight excluding hydrogens is 320 g/mol. The van der Waals surface area contributed by atoms with E-state index in [1.54, 1.807) is 11.3 Å². The van der Waals surface area contributed by atoms with Gasteiger partial charge in [-0.05, 0) is 25.5 Å². The van der Waals surface area contributed by atoms with Crippen molar-refractivity contribution in [1.82, 2.24) is 19.8 Å². The van der Waals surface area contributed by atoms with Crippen molar-refractivity contribution in [1.29, 1.82) is 0 Å². The molecule has 2 aromatic rings. The molecule has 0 spiro atoms. The van der Waals surface area contributed by atoms with Crippen molar-refractivity contribution < 1.29 is 4.74 Å². The summed E-state index contributed by atoms with van der Waals surface area (Å²) < 4.78 is 5.62. The maximum absolute atomic E-state index is 5.62. The van der Waals surface area contributed by atoms with E-state index in [4.69, 9.17) is 9.72 Å². The Bertz CT molecular complexity index is 610. The Kier molecular flexibility index (Phi) is 6.31. The average Bonchev–Trinajstić information content (AvgIpc) is 3.06. The quantitative estimate of drug-likeness (QED) is 0.771. The number of rotatable bonds is 7. The molecule has 0 unspecified atom stereocenters. The van der Waals surface area contributed by atoms with Gasteiger partial charge in [-0.25, -0.2) is 4.98 Å². The summed E-state index contributed by atoms with van der Waals surface area (Å²) in [6.07, 6.45) is 3.89. The molecule has 24 heavy (non-hydrogen) atoms. The van der Waals surface area contributed by atoms with Crippen molar-refractivity contribution in [2.24, 2.45) is 0 Å². The summed E-state index contributed by atoms with van der Waals surface area (Å²) in [6, 6.07) is 4.16. The van der Waals surface area contributed by atoms with Crippen LogP contribution in [0.25, 0.3) is 0 Å². The van der Waals surface area contributed by atoms with Crippen LogP contribution in [0.4, 0.5) is 0 Å². The zero-order chi connectivity index (χ0) is 16.8. The zero-order valence-electron chi connectivity index (χ0n) is 14.5. The summed E-state index contributed by atoms with van der Waals surface area (Å²) in [5.74, 6) is 0. The molecule has 1 atom stereocenters. The number of ether oxygens (including phenoxy) is 1. The summed E-state index contributed by atoms with van der Waals surface area (Å²) in [5.41, 5.74) is 2.46. The van der Waals surface area contributed by atoms with Crippen LogP contribution in [0.5, 0.6) is 0 Å². The Labute approximate surface area is 148 Å². The fourth-order valence-electron chi connectivity index (χ4n) is 2.99. The highest BCUT2D eigenvalue weighted by Gasteiger charge is 2.18. The van der Waals surface area contributed by atoms with E-state index in [0.29, 0.717) is 0 Å². The monoisotopic (exact) mass is 346 g/mol. The van der Waals surface area contributed by atoms with Crippen LogP contribution in [-0.2, 0) is 17.8 Å². The lowest BCUT2D eigenvalue weighted by atomic mass is 10.2. The Morgan fingerprint density at radius 2 is 1.96 bits per heavy atom. The third kappa shape index (κ3) is 4.83. The lowest BCUT2D eigenvalue weighted by Crippen LogP contribution is -2.45. The Balaban J connectivity index is 1.45. The number of aromatic nitrogens is 2. The molecule has 1 fully saturated rings. The van der Waals surface area contributed by atoms with Gasteiger partial charge in [-0.2, -0.15) is 0 Å². The van der Waals surface area contributed by atoms with Crippen LogP contribution in [0.2, 0.25) is 0 Å². The van der Waals surface area contributed by atoms with Crippen LogP contribution in [0, 0.1) is 0 Å². The summed E-state index contributed by atoms with van der Waals surface area (Å²) in [4.78, 5) is 13.9. The van der Waals surface area contributed by atoms with Crippen LogP contribution in [0.1, 0.15) is 36.2 Å². The highest BCUT2D eigenvalue weighted by molar-refractivity contribution is 7.09. The fraction of sp³-hybridized carbons (Fsp3) is 0.556. The molecule has 0 aromatic carbocycles. The summed E-state index contributed by atoms with van der Waals surface area (Å²) in [7, 11) is 0. The largest absolute Gasteiger partial charge is 0.372 e. The first kappa shape index (κ1) is 17.5. The van der Waals surface area contributed by atoms with Gasteiger partial charge >= 0.3 is 0 Å². The molecule has 0 N–H and O–H groups in total. The van der Waals surface area contributed by atoms with Crippen molar-refractivity contribution in [2.45, 2.75) is 33.0 Å². The molecule has 0 saturated carbocycles. The zero-order valence-corrected chi connectivity index (χ0v) is 15.3. The molecule has 130 valence electrons. The molecule has 0 radical (unpaired) electrons. The predicted molar refractivity (Wildman–Crippen MR) is 96.9 cm³/mol. The number of thiazole rings is 1. The second-order valence-corrected chi connectivity index (χ2v) is 7.08. The molecule has 6 heteroatoms. The van der Waals surface area contributed by atoms with Crippen LogP contribution >= 0.6 is 11.3 Å². The van der Waals surface area contributed by atoms with Crippen LogP contribution in [-0.4, -0.2) is 52.6 Å². The minimum absolute atomic E-state index is 0.102. The van der Waals surface area contributed by atoms with E-state index in [1.807, 2.05) is 25.4 Å². The SMILES string of the molecule is CCO[C@H](C)c1nc(CN2CCN(Cc3cccnc3)CC2)cs1. The summed E-state index contributed by atoms with van der Waals surface area (Å²) in [5, 5.41) is 3.26. The van der Waals surface area contributed by atoms with Gasteiger partial charge in [0.1, 0.15) is 11.1 Å². The number of nitrogens with zero attached hydrogens (tertiary/aromatic N) is 4. The smallest absolute Gasteiger partial charge is 0.122 e. The Morgan fingerprint density at radius 1 is 1.21 bits per heavy atom. The highest BCUT2D eigenvalue weighted by atomic mass is 32.1. The fourth-order valence-corrected chi connectivity index (χ4v) is 3.80. The van der Waals surface area contributed by atoms with E-state index < -0.39 is 0 Å². The van der Waals surface area contributed by atoms with Crippen LogP contribution in [0.3, 0.4) is 0 Å². The van der Waals surface area contributed by atoms with E-state index in [-0.39, 0.29) is 6.10 Å². The lowest BCUT2D eigenvalue weighted by molar-refractivity contribution is 0.0758. The molecule has 5 nitrogen and oxygen atoms in total. The normalized spacial score (nSPS) is 17.9. The van der Waals surface area contributed by atoms with Crippen LogP contribution < -0.4 is 0 Å². The molecule has 2 aromatic heterocycles. The van der Waals surface area contributed by atoms with Gasteiger partial charge in [-0.15, -0.1) is 11.3 Å². The van der Waals surface area contributed by atoms with Crippen molar-refractivity contribution in [3.63, 3.8) is 0 Å². The maximum Gasteiger partial charge on any atom is 0.122 e. The van der Waals surface area contributed by atoms with Crippen LogP contribution in [0.15, 0.2) is 29.9 Å². The first-order valence-electron chi connectivity index (χ1n) is 8.64. The van der Waals surface area contributed by atoms with E-state index in [0.717, 1.165) is 50.9 Å². The first-order valence-corrected chi connectivity index (χ1v) is 9.52. The van der Waals surface area contributed by atoms with Gasteiger partial charge in [0.05, 0.1) is 5.69 Å². The molecule has 0 aliphatic carbocycles.